The molecule has 1 atom stereocenters. The zero-order valence-corrected chi connectivity index (χ0v) is 18.4. The van der Waals surface area contributed by atoms with Crippen LogP contribution in [-0.4, -0.2) is 32.0 Å². The third kappa shape index (κ3) is 6.60. The molecular formula is C26H29N3O3. The summed E-state index contributed by atoms with van der Waals surface area (Å²) in [4.78, 5) is 25.1. The number of hydrogen-bond acceptors (Lipinski definition) is 4. The lowest BCUT2D eigenvalue weighted by molar-refractivity contribution is -0.120. The lowest BCUT2D eigenvalue weighted by Crippen LogP contribution is -2.32. The van der Waals surface area contributed by atoms with E-state index >= 15 is 0 Å². The fourth-order valence-electron chi connectivity index (χ4n) is 3.34. The number of carbonyl (C=O) groups is 2. The standard InChI is InChI=1S/C26H29N3O3/c1-19(21-8-4-3-5-9-21)29-25(30)18-28-24-11-7-6-10-23(24)26(31)27-17-16-20-12-14-22(32-2)15-13-20/h3-15,19,28H,16-18H2,1-2H3,(H,27,31)(H,29,30). The Bertz CT molecular complexity index is 1020. The van der Waals surface area contributed by atoms with Crippen LogP contribution in [0.2, 0.25) is 0 Å². The van der Waals surface area contributed by atoms with Gasteiger partial charge in [0.2, 0.25) is 5.91 Å². The second-order valence-corrected chi connectivity index (χ2v) is 7.45. The summed E-state index contributed by atoms with van der Waals surface area (Å²) < 4.78 is 5.16. The molecule has 0 aliphatic carbocycles. The zero-order valence-electron chi connectivity index (χ0n) is 18.4. The predicted octanol–water partition coefficient (Wildman–Crippen LogP) is 3.96. The summed E-state index contributed by atoms with van der Waals surface area (Å²) in [7, 11) is 1.63. The van der Waals surface area contributed by atoms with Crippen LogP contribution in [0.15, 0.2) is 78.9 Å². The minimum absolute atomic E-state index is 0.0767. The quantitative estimate of drug-likeness (QED) is 0.454. The fourth-order valence-corrected chi connectivity index (χ4v) is 3.34. The Balaban J connectivity index is 1.50. The van der Waals surface area contributed by atoms with Crippen molar-refractivity contribution >= 4 is 17.5 Å². The molecule has 0 saturated carbocycles. The highest BCUT2D eigenvalue weighted by atomic mass is 16.5. The minimum atomic E-state index is -0.181. The molecule has 0 saturated heterocycles. The topological polar surface area (TPSA) is 79.5 Å². The highest BCUT2D eigenvalue weighted by Crippen LogP contribution is 2.16. The van der Waals surface area contributed by atoms with Crippen LogP contribution in [0.5, 0.6) is 5.75 Å². The summed E-state index contributed by atoms with van der Waals surface area (Å²) in [6.45, 7) is 2.53. The maximum Gasteiger partial charge on any atom is 0.253 e. The van der Waals surface area contributed by atoms with Gasteiger partial charge in [0.1, 0.15) is 5.75 Å². The van der Waals surface area contributed by atoms with Crippen molar-refractivity contribution in [2.45, 2.75) is 19.4 Å². The van der Waals surface area contributed by atoms with Crippen molar-refractivity contribution < 1.29 is 14.3 Å². The van der Waals surface area contributed by atoms with E-state index in [1.165, 1.54) is 0 Å². The summed E-state index contributed by atoms with van der Waals surface area (Å²) in [6.07, 6.45) is 0.713. The number of amides is 2. The summed E-state index contributed by atoms with van der Waals surface area (Å²) in [5.74, 6) is 0.482. The van der Waals surface area contributed by atoms with E-state index in [-0.39, 0.29) is 24.4 Å². The molecule has 166 valence electrons. The molecular weight excluding hydrogens is 402 g/mol. The molecule has 1 unspecified atom stereocenters. The summed E-state index contributed by atoms with van der Waals surface area (Å²) in [6, 6.07) is 24.6. The number of para-hydroxylation sites is 1. The first-order chi connectivity index (χ1) is 15.6. The molecule has 32 heavy (non-hydrogen) atoms. The second-order valence-electron chi connectivity index (χ2n) is 7.45. The third-order valence-corrected chi connectivity index (χ3v) is 5.15. The van der Waals surface area contributed by atoms with Gasteiger partial charge in [-0.05, 0) is 48.7 Å². The molecule has 0 fully saturated rings. The molecule has 0 radical (unpaired) electrons. The van der Waals surface area contributed by atoms with Crippen LogP contribution in [0, 0.1) is 0 Å². The first-order valence-corrected chi connectivity index (χ1v) is 10.6. The molecule has 3 N–H and O–H groups in total. The van der Waals surface area contributed by atoms with Crippen molar-refractivity contribution in [3.63, 3.8) is 0 Å². The van der Waals surface area contributed by atoms with Gasteiger partial charge in [-0.2, -0.15) is 0 Å². The average Bonchev–Trinajstić information content (AvgIpc) is 2.83. The van der Waals surface area contributed by atoms with Crippen LogP contribution < -0.4 is 20.7 Å². The van der Waals surface area contributed by atoms with Crippen molar-refractivity contribution in [3.8, 4) is 5.75 Å². The summed E-state index contributed by atoms with van der Waals surface area (Å²) >= 11 is 0. The molecule has 3 rings (SSSR count). The number of rotatable bonds is 10. The maximum atomic E-state index is 12.7. The normalized spacial score (nSPS) is 11.3. The smallest absolute Gasteiger partial charge is 0.253 e. The molecule has 0 bridgehead atoms. The molecule has 0 aromatic heterocycles. The second kappa shape index (κ2) is 11.6. The van der Waals surface area contributed by atoms with Gasteiger partial charge in [-0.15, -0.1) is 0 Å². The van der Waals surface area contributed by atoms with E-state index in [4.69, 9.17) is 4.74 Å². The predicted molar refractivity (Wildman–Crippen MR) is 127 cm³/mol. The highest BCUT2D eigenvalue weighted by Gasteiger charge is 2.13. The Morgan fingerprint density at radius 2 is 1.59 bits per heavy atom. The number of carbonyl (C=O) groups excluding carboxylic acids is 2. The lowest BCUT2D eigenvalue weighted by atomic mass is 10.1. The molecule has 0 aliphatic heterocycles. The van der Waals surface area contributed by atoms with Crippen LogP contribution in [-0.2, 0) is 11.2 Å². The van der Waals surface area contributed by atoms with Gasteiger partial charge in [0, 0.05) is 12.2 Å². The first kappa shape index (κ1) is 22.9. The molecule has 3 aromatic carbocycles. The van der Waals surface area contributed by atoms with Crippen molar-refractivity contribution in [1.82, 2.24) is 10.6 Å². The summed E-state index contributed by atoms with van der Waals surface area (Å²) in [5.41, 5.74) is 3.28. The first-order valence-electron chi connectivity index (χ1n) is 10.6. The van der Waals surface area contributed by atoms with E-state index in [2.05, 4.69) is 16.0 Å². The van der Waals surface area contributed by atoms with Crippen molar-refractivity contribution in [2.24, 2.45) is 0 Å². The van der Waals surface area contributed by atoms with Crippen LogP contribution in [0.25, 0.3) is 0 Å². The van der Waals surface area contributed by atoms with E-state index < -0.39 is 0 Å². The molecule has 0 spiro atoms. The SMILES string of the molecule is COc1ccc(CCNC(=O)c2ccccc2NCC(=O)NC(C)c2ccccc2)cc1. The van der Waals surface area contributed by atoms with E-state index in [0.29, 0.717) is 24.2 Å². The Labute approximate surface area is 189 Å². The number of hydrogen-bond donors (Lipinski definition) is 3. The van der Waals surface area contributed by atoms with Crippen molar-refractivity contribution in [2.75, 3.05) is 25.5 Å². The number of nitrogens with one attached hydrogen (secondary N) is 3. The van der Waals surface area contributed by atoms with Gasteiger partial charge in [-0.3, -0.25) is 9.59 Å². The Hall–Kier alpha value is -3.80. The Morgan fingerprint density at radius 3 is 2.31 bits per heavy atom. The zero-order chi connectivity index (χ0) is 22.8. The van der Waals surface area contributed by atoms with Crippen molar-refractivity contribution in [1.29, 1.82) is 0 Å². The van der Waals surface area contributed by atoms with E-state index in [9.17, 15) is 9.59 Å². The number of anilines is 1. The Morgan fingerprint density at radius 1 is 0.906 bits per heavy atom. The number of benzene rings is 3. The fraction of sp³-hybridized carbons (Fsp3) is 0.231. The molecule has 0 aliphatic rings. The molecule has 2 amide bonds. The lowest BCUT2D eigenvalue weighted by Gasteiger charge is -2.16. The van der Waals surface area contributed by atoms with Gasteiger partial charge in [-0.25, -0.2) is 0 Å². The van der Waals surface area contributed by atoms with Gasteiger partial charge in [0.05, 0.1) is 25.3 Å². The van der Waals surface area contributed by atoms with Gasteiger partial charge in [-0.1, -0.05) is 54.6 Å². The minimum Gasteiger partial charge on any atom is -0.497 e. The van der Waals surface area contributed by atoms with Crippen LogP contribution in [0.3, 0.4) is 0 Å². The van der Waals surface area contributed by atoms with Gasteiger partial charge in [0.15, 0.2) is 0 Å². The van der Waals surface area contributed by atoms with Crippen LogP contribution in [0.1, 0.15) is 34.5 Å². The van der Waals surface area contributed by atoms with E-state index in [0.717, 1.165) is 16.9 Å². The van der Waals surface area contributed by atoms with Gasteiger partial charge in [0.25, 0.3) is 5.91 Å². The van der Waals surface area contributed by atoms with E-state index in [1.807, 2.05) is 67.6 Å². The Kier molecular flexibility index (Phi) is 8.26. The maximum absolute atomic E-state index is 12.7. The third-order valence-electron chi connectivity index (χ3n) is 5.15. The molecule has 6 nitrogen and oxygen atoms in total. The number of ether oxygens (including phenoxy) is 1. The highest BCUT2D eigenvalue weighted by molar-refractivity contribution is 6.00. The number of methoxy groups -OCH3 is 1. The van der Waals surface area contributed by atoms with Crippen molar-refractivity contribution in [3.05, 3.63) is 95.6 Å². The van der Waals surface area contributed by atoms with Gasteiger partial charge >= 0.3 is 0 Å². The van der Waals surface area contributed by atoms with Gasteiger partial charge < -0.3 is 20.7 Å². The van der Waals surface area contributed by atoms with E-state index in [1.54, 1.807) is 25.3 Å². The summed E-state index contributed by atoms with van der Waals surface area (Å²) in [5, 5.41) is 9.00. The van der Waals surface area contributed by atoms with Crippen LogP contribution >= 0.6 is 0 Å². The van der Waals surface area contributed by atoms with Crippen LogP contribution in [0.4, 0.5) is 5.69 Å². The average molecular weight is 432 g/mol. The molecule has 0 heterocycles. The molecule has 3 aromatic rings. The largest absolute Gasteiger partial charge is 0.497 e. The monoisotopic (exact) mass is 431 g/mol. The molecule has 6 heteroatoms.